The molecular weight excluding hydrogens is 243 g/mol. The van der Waals surface area contributed by atoms with E-state index in [9.17, 15) is 0 Å². The van der Waals surface area contributed by atoms with E-state index in [1.54, 1.807) is 6.20 Å². The van der Waals surface area contributed by atoms with Crippen molar-refractivity contribution in [2.75, 3.05) is 18.5 Å². The van der Waals surface area contributed by atoms with Gasteiger partial charge in [-0.15, -0.1) is 11.6 Å². The topological polar surface area (TPSA) is 16.1 Å². The van der Waals surface area contributed by atoms with Gasteiger partial charge in [0, 0.05) is 25.7 Å². The summed E-state index contributed by atoms with van der Waals surface area (Å²) >= 11 is 11.9. The molecule has 1 aromatic heterocycles. The molecule has 0 radical (unpaired) electrons. The van der Waals surface area contributed by atoms with Crippen molar-refractivity contribution in [1.29, 1.82) is 0 Å². The van der Waals surface area contributed by atoms with E-state index in [1.165, 1.54) is 19.3 Å². The van der Waals surface area contributed by atoms with E-state index >= 15 is 0 Å². The molecule has 0 aliphatic carbocycles. The number of aromatic nitrogens is 1. The van der Waals surface area contributed by atoms with Crippen molar-refractivity contribution in [1.82, 2.24) is 4.98 Å². The summed E-state index contributed by atoms with van der Waals surface area (Å²) in [5.74, 6) is 1.29. The number of hydrogen-bond donors (Lipinski definition) is 0. The van der Waals surface area contributed by atoms with E-state index in [0.29, 0.717) is 10.9 Å². The molecule has 1 rings (SSSR count). The molecule has 0 saturated carbocycles. The summed E-state index contributed by atoms with van der Waals surface area (Å²) in [4.78, 5) is 6.43. The molecule has 4 heteroatoms. The van der Waals surface area contributed by atoms with Crippen LogP contribution in [-0.4, -0.2) is 18.6 Å². The van der Waals surface area contributed by atoms with Gasteiger partial charge in [0.2, 0.25) is 0 Å². The number of anilines is 1. The highest BCUT2D eigenvalue weighted by Crippen LogP contribution is 2.24. The number of hydrogen-bond acceptors (Lipinski definition) is 2. The minimum Gasteiger partial charge on any atom is -0.358 e. The molecule has 0 aromatic carbocycles. The lowest BCUT2D eigenvalue weighted by Crippen LogP contribution is -2.20. The maximum atomic E-state index is 6.15. The summed E-state index contributed by atoms with van der Waals surface area (Å²) in [6.07, 6.45) is 5.41. The molecule has 90 valence electrons. The highest BCUT2D eigenvalue weighted by molar-refractivity contribution is 6.33. The van der Waals surface area contributed by atoms with Crippen molar-refractivity contribution < 1.29 is 0 Å². The first-order valence-corrected chi connectivity index (χ1v) is 6.51. The Kier molecular flexibility index (Phi) is 5.93. The van der Waals surface area contributed by atoms with Crippen LogP contribution in [0, 0.1) is 0 Å². The van der Waals surface area contributed by atoms with Gasteiger partial charge in [0.25, 0.3) is 0 Å². The molecule has 0 N–H and O–H groups in total. The summed E-state index contributed by atoms with van der Waals surface area (Å²) in [7, 11) is 2.02. The lowest BCUT2D eigenvalue weighted by Gasteiger charge is -2.19. The van der Waals surface area contributed by atoms with E-state index in [1.807, 2.05) is 13.1 Å². The highest BCUT2D eigenvalue weighted by atomic mass is 35.5. The molecule has 0 saturated heterocycles. The van der Waals surface area contributed by atoms with Gasteiger partial charge in [0.05, 0.1) is 5.02 Å². The van der Waals surface area contributed by atoms with Crippen LogP contribution >= 0.6 is 23.2 Å². The Balaban J connectivity index is 2.64. The zero-order valence-corrected chi connectivity index (χ0v) is 11.4. The predicted octanol–water partition coefficient (Wildman–Crippen LogP) is 4.10. The second kappa shape index (κ2) is 6.97. The minimum atomic E-state index is 0.451. The van der Waals surface area contributed by atoms with Crippen LogP contribution in [-0.2, 0) is 5.88 Å². The molecule has 0 unspecified atom stereocenters. The third-order valence-electron chi connectivity index (χ3n) is 2.49. The monoisotopic (exact) mass is 260 g/mol. The van der Waals surface area contributed by atoms with E-state index in [-0.39, 0.29) is 0 Å². The van der Waals surface area contributed by atoms with Crippen LogP contribution in [0.3, 0.4) is 0 Å². The zero-order valence-electron chi connectivity index (χ0n) is 9.84. The fourth-order valence-corrected chi connectivity index (χ4v) is 2.01. The Morgan fingerprint density at radius 3 is 2.69 bits per heavy atom. The van der Waals surface area contributed by atoms with Crippen molar-refractivity contribution in [2.24, 2.45) is 0 Å². The average Bonchev–Trinajstić information content (AvgIpc) is 2.29. The van der Waals surface area contributed by atoms with Gasteiger partial charge in [-0.25, -0.2) is 4.98 Å². The summed E-state index contributed by atoms with van der Waals surface area (Å²) < 4.78 is 0. The molecule has 0 bridgehead atoms. The molecule has 1 heterocycles. The van der Waals surface area contributed by atoms with E-state index in [0.717, 1.165) is 17.9 Å². The van der Waals surface area contributed by atoms with Gasteiger partial charge in [-0.2, -0.15) is 0 Å². The number of halogens is 2. The minimum absolute atomic E-state index is 0.451. The first-order chi connectivity index (χ1) is 7.69. The Bertz CT molecular complexity index is 329. The lowest BCUT2D eigenvalue weighted by atomic mass is 10.2. The molecule has 1 aromatic rings. The van der Waals surface area contributed by atoms with Gasteiger partial charge < -0.3 is 4.90 Å². The molecular formula is C12H18Cl2N2. The molecule has 0 amide bonds. The van der Waals surface area contributed by atoms with Crippen LogP contribution in [0.1, 0.15) is 31.7 Å². The first-order valence-electron chi connectivity index (χ1n) is 5.60. The standard InChI is InChI=1S/C12H18Cl2N2/c1-3-4-5-6-16(2)12-11(14)7-10(8-13)9-15-12/h7,9H,3-6,8H2,1-2H3. The molecule has 0 spiro atoms. The maximum Gasteiger partial charge on any atom is 0.147 e. The number of alkyl halides is 1. The van der Waals surface area contributed by atoms with Crippen molar-refractivity contribution in [3.63, 3.8) is 0 Å². The summed E-state index contributed by atoms with van der Waals surface area (Å²) in [5, 5.41) is 0.678. The third-order valence-corrected chi connectivity index (χ3v) is 3.08. The van der Waals surface area contributed by atoms with Gasteiger partial charge in [-0.1, -0.05) is 31.4 Å². The van der Waals surface area contributed by atoms with Crippen LogP contribution in [0.15, 0.2) is 12.3 Å². The van der Waals surface area contributed by atoms with Crippen LogP contribution in [0.25, 0.3) is 0 Å². The SMILES string of the molecule is CCCCCN(C)c1ncc(CCl)cc1Cl. The summed E-state index contributed by atoms with van der Waals surface area (Å²) in [6.45, 7) is 3.18. The Hall–Kier alpha value is -0.470. The Morgan fingerprint density at radius 1 is 1.38 bits per heavy atom. The molecule has 0 aliphatic heterocycles. The average molecular weight is 261 g/mol. The van der Waals surface area contributed by atoms with Crippen LogP contribution in [0.5, 0.6) is 0 Å². The second-order valence-electron chi connectivity index (χ2n) is 3.91. The van der Waals surface area contributed by atoms with E-state index in [2.05, 4.69) is 16.8 Å². The number of unbranched alkanes of at least 4 members (excludes halogenated alkanes) is 2. The maximum absolute atomic E-state index is 6.15. The molecule has 0 fully saturated rings. The van der Waals surface area contributed by atoms with Crippen molar-refractivity contribution in [2.45, 2.75) is 32.1 Å². The van der Waals surface area contributed by atoms with Crippen molar-refractivity contribution in [3.05, 3.63) is 22.8 Å². The number of rotatable bonds is 6. The van der Waals surface area contributed by atoms with E-state index in [4.69, 9.17) is 23.2 Å². The first kappa shape index (κ1) is 13.6. The lowest BCUT2D eigenvalue weighted by molar-refractivity contribution is 0.701. The molecule has 2 nitrogen and oxygen atoms in total. The van der Waals surface area contributed by atoms with Gasteiger partial charge >= 0.3 is 0 Å². The van der Waals surface area contributed by atoms with Gasteiger partial charge in [0.15, 0.2) is 0 Å². The van der Waals surface area contributed by atoms with Crippen LogP contribution in [0.4, 0.5) is 5.82 Å². The summed E-state index contributed by atoms with van der Waals surface area (Å²) in [6, 6.07) is 1.88. The zero-order chi connectivity index (χ0) is 12.0. The smallest absolute Gasteiger partial charge is 0.147 e. The Morgan fingerprint density at radius 2 is 2.12 bits per heavy atom. The normalized spacial score (nSPS) is 10.5. The predicted molar refractivity (Wildman–Crippen MR) is 71.6 cm³/mol. The molecule has 0 atom stereocenters. The van der Waals surface area contributed by atoms with Crippen LogP contribution < -0.4 is 4.90 Å². The van der Waals surface area contributed by atoms with Gasteiger partial charge in [-0.3, -0.25) is 0 Å². The summed E-state index contributed by atoms with van der Waals surface area (Å²) in [5.41, 5.74) is 0.956. The van der Waals surface area contributed by atoms with Gasteiger partial charge in [0.1, 0.15) is 5.82 Å². The highest BCUT2D eigenvalue weighted by Gasteiger charge is 2.07. The number of nitrogens with zero attached hydrogens (tertiary/aromatic N) is 2. The van der Waals surface area contributed by atoms with Crippen molar-refractivity contribution >= 4 is 29.0 Å². The fraction of sp³-hybridized carbons (Fsp3) is 0.583. The third kappa shape index (κ3) is 3.84. The molecule has 0 aliphatic rings. The van der Waals surface area contributed by atoms with E-state index < -0.39 is 0 Å². The number of pyridine rings is 1. The quantitative estimate of drug-likeness (QED) is 0.566. The van der Waals surface area contributed by atoms with Crippen LogP contribution in [0.2, 0.25) is 5.02 Å². The second-order valence-corrected chi connectivity index (χ2v) is 4.59. The molecule has 16 heavy (non-hydrogen) atoms. The van der Waals surface area contributed by atoms with Gasteiger partial charge in [-0.05, 0) is 18.1 Å². The fourth-order valence-electron chi connectivity index (χ4n) is 1.53. The van der Waals surface area contributed by atoms with Crippen molar-refractivity contribution in [3.8, 4) is 0 Å². The Labute approximate surface area is 108 Å². The largest absolute Gasteiger partial charge is 0.358 e.